The number of benzene rings is 3. The first-order chi connectivity index (χ1) is 18.8. The van der Waals surface area contributed by atoms with E-state index in [2.05, 4.69) is 4.90 Å². The third kappa shape index (κ3) is 6.15. The van der Waals surface area contributed by atoms with Gasteiger partial charge in [-0.2, -0.15) is 8.42 Å². The number of rotatable bonds is 6. The van der Waals surface area contributed by atoms with Gasteiger partial charge in [-0.1, -0.05) is 39.8 Å². The minimum atomic E-state index is -4.27. The summed E-state index contributed by atoms with van der Waals surface area (Å²) in [5.41, 5.74) is 4.11. The van der Waals surface area contributed by atoms with Crippen LogP contribution >= 0.6 is 0 Å². The molecule has 0 aliphatic carbocycles. The Morgan fingerprint density at radius 2 is 1.51 bits per heavy atom. The van der Waals surface area contributed by atoms with E-state index in [0.29, 0.717) is 30.2 Å². The Labute approximate surface area is 231 Å². The van der Waals surface area contributed by atoms with Crippen molar-refractivity contribution in [3.63, 3.8) is 0 Å². The quantitative estimate of drug-likeness (QED) is 0.327. The molecule has 1 unspecified atom stereocenters. The van der Waals surface area contributed by atoms with Gasteiger partial charge in [0.1, 0.15) is 10.7 Å². The number of halogens is 1. The zero-order chi connectivity index (χ0) is 28.7. The molecule has 7 nitrogen and oxygen atoms in total. The van der Waals surface area contributed by atoms with E-state index in [0.717, 1.165) is 30.2 Å². The van der Waals surface area contributed by atoms with Crippen molar-refractivity contribution in [1.29, 1.82) is 0 Å². The molecule has 0 saturated carbocycles. The van der Waals surface area contributed by atoms with E-state index in [-0.39, 0.29) is 16.7 Å². The van der Waals surface area contributed by atoms with Crippen LogP contribution < -0.4 is 18.4 Å². The maximum Gasteiger partial charge on any atom is 0.339 e. The molecule has 0 amide bonds. The van der Waals surface area contributed by atoms with Crippen molar-refractivity contribution in [3.05, 3.63) is 76.6 Å². The first-order valence-corrected chi connectivity index (χ1v) is 14.6. The molecule has 3 aromatic carbocycles. The number of nitrogens with zero attached hydrogens (tertiary/aromatic N) is 1. The molecule has 0 saturated heterocycles. The molecule has 0 bridgehead atoms. The van der Waals surface area contributed by atoms with Gasteiger partial charge in [0.05, 0.1) is 21.3 Å². The van der Waals surface area contributed by atoms with Crippen LogP contribution in [0.3, 0.4) is 0 Å². The van der Waals surface area contributed by atoms with Crippen molar-refractivity contribution >= 4 is 10.1 Å². The molecule has 0 aromatic heterocycles. The smallest absolute Gasteiger partial charge is 0.339 e. The van der Waals surface area contributed by atoms with Gasteiger partial charge < -0.3 is 18.4 Å². The fourth-order valence-electron chi connectivity index (χ4n) is 4.96. The van der Waals surface area contributed by atoms with Gasteiger partial charge in [0, 0.05) is 24.7 Å². The van der Waals surface area contributed by atoms with Crippen molar-refractivity contribution in [2.24, 2.45) is 0 Å². The Balaban J connectivity index is 0.00000100. The molecule has 0 spiro atoms. The van der Waals surface area contributed by atoms with Gasteiger partial charge in [-0.15, -0.1) is 0 Å². The number of methoxy groups -OCH3 is 3. The molecule has 9 heteroatoms. The van der Waals surface area contributed by atoms with Crippen LogP contribution in [0.15, 0.2) is 53.4 Å². The molecular weight excluding hydrogens is 521 g/mol. The lowest BCUT2D eigenvalue weighted by atomic mass is 9.83. The van der Waals surface area contributed by atoms with Gasteiger partial charge >= 0.3 is 10.1 Å². The average molecular weight is 560 g/mol. The maximum atomic E-state index is 13.7. The second-order valence-corrected chi connectivity index (χ2v) is 10.1. The second kappa shape index (κ2) is 13.2. The van der Waals surface area contributed by atoms with E-state index in [9.17, 15) is 12.8 Å². The Morgan fingerprint density at radius 3 is 2.15 bits per heavy atom. The lowest BCUT2D eigenvalue weighted by Gasteiger charge is -2.42. The summed E-state index contributed by atoms with van der Waals surface area (Å²) < 4.78 is 61.8. The normalized spacial score (nSPS) is 15.6. The Bertz CT molecular complexity index is 1390. The minimum Gasteiger partial charge on any atom is -0.493 e. The zero-order valence-corrected chi connectivity index (χ0v) is 24.5. The summed E-state index contributed by atoms with van der Waals surface area (Å²) in [4.78, 5) is 2.05. The van der Waals surface area contributed by atoms with Crippen LogP contribution in [-0.2, 0) is 29.5 Å². The van der Waals surface area contributed by atoms with Crippen molar-refractivity contribution in [1.82, 2.24) is 4.90 Å². The first-order valence-electron chi connectivity index (χ1n) is 13.2. The summed E-state index contributed by atoms with van der Waals surface area (Å²) in [6, 6.07) is 12.6. The summed E-state index contributed by atoms with van der Waals surface area (Å²) in [5, 5.41) is 0. The third-order valence-electron chi connectivity index (χ3n) is 6.71. The summed E-state index contributed by atoms with van der Waals surface area (Å²) in [5.74, 6) is 1.19. The van der Waals surface area contributed by atoms with E-state index in [4.69, 9.17) is 18.4 Å². The largest absolute Gasteiger partial charge is 0.493 e. The van der Waals surface area contributed by atoms with Crippen LogP contribution in [0.4, 0.5) is 4.39 Å². The first kappa shape index (κ1) is 30.2. The zero-order valence-electron chi connectivity index (χ0n) is 23.7. The van der Waals surface area contributed by atoms with Crippen molar-refractivity contribution in [2.75, 3.05) is 27.9 Å². The highest BCUT2D eigenvalue weighted by Gasteiger charge is 2.36. The molecule has 2 aliphatic heterocycles. The maximum absolute atomic E-state index is 13.7. The molecular formula is C30H38FNO6S. The number of fused-ring (bicyclic) bond motifs is 4. The van der Waals surface area contributed by atoms with Crippen molar-refractivity contribution in [3.8, 4) is 23.0 Å². The predicted octanol–water partition coefficient (Wildman–Crippen LogP) is 6.33. The van der Waals surface area contributed by atoms with Crippen LogP contribution in [0.5, 0.6) is 23.0 Å². The Hall–Kier alpha value is -3.30. The van der Waals surface area contributed by atoms with Gasteiger partial charge in [0.15, 0.2) is 23.0 Å². The molecule has 0 fully saturated rings. The van der Waals surface area contributed by atoms with E-state index >= 15 is 0 Å². The molecule has 5 rings (SSSR count). The second-order valence-electron chi connectivity index (χ2n) is 8.58. The fraction of sp³-hybridized carbons (Fsp3) is 0.400. The van der Waals surface area contributed by atoms with E-state index in [1.165, 1.54) is 36.4 Å². The SMILES string of the molecule is CC.CC.COc1cc2c(cc1OC)C1Cc3ccc(OC)c(OS(=O)(=O)c4cccc(F)c4)c3CN1CC2. The number of hydrogen-bond donors (Lipinski definition) is 0. The third-order valence-corrected chi connectivity index (χ3v) is 7.92. The van der Waals surface area contributed by atoms with E-state index in [1.54, 1.807) is 20.3 Å². The molecule has 0 N–H and O–H groups in total. The molecule has 212 valence electrons. The average Bonchev–Trinajstić information content (AvgIpc) is 2.97. The fourth-order valence-corrected chi connectivity index (χ4v) is 5.96. The summed E-state index contributed by atoms with van der Waals surface area (Å²) >= 11 is 0. The standard InChI is InChI=1S/C26H26FNO6S.2C2H6/c1-31-23-8-7-16-11-22-20-14-25(33-3)24(32-2)12-17(20)9-10-28(22)15-21(16)26(23)34-35(29,30)19-6-4-5-18(27)13-19;2*1-2/h4-8,12-14,22H,9-11,15H2,1-3H3;2*1-2H3. The van der Waals surface area contributed by atoms with Gasteiger partial charge in [-0.3, -0.25) is 4.90 Å². The van der Waals surface area contributed by atoms with Crippen molar-refractivity contribution in [2.45, 2.75) is 58.0 Å². The monoisotopic (exact) mass is 559 g/mol. The lowest BCUT2D eigenvalue weighted by Crippen LogP contribution is -2.39. The lowest BCUT2D eigenvalue weighted by molar-refractivity contribution is 0.158. The van der Waals surface area contributed by atoms with E-state index in [1.807, 2.05) is 45.9 Å². The molecule has 3 aromatic rings. The van der Waals surface area contributed by atoms with Crippen LogP contribution in [0.2, 0.25) is 0 Å². The van der Waals surface area contributed by atoms with E-state index < -0.39 is 15.9 Å². The van der Waals surface area contributed by atoms with Crippen LogP contribution in [-0.4, -0.2) is 41.2 Å². The predicted molar refractivity (Wildman–Crippen MR) is 150 cm³/mol. The topological polar surface area (TPSA) is 74.3 Å². The highest BCUT2D eigenvalue weighted by atomic mass is 32.2. The summed E-state index contributed by atoms with van der Waals surface area (Å²) in [6.07, 6.45) is 1.49. The highest BCUT2D eigenvalue weighted by molar-refractivity contribution is 7.87. The van der Waals surface area contributed by atoms with Crippen LogP contribution in [0.25, 0.3) is 0 Å². The van der Waals surface area contributed by atoms with Gasteiger partial charge in [-0.05, 0) is 65.9 Å². The van der Waals surface area contributed by atoms with Crippen LogP contribution in [0, 0.1) is 5.82 Å². The molecule has 1 atom stereocenters. The number of hydrogen-bond acceptors (Lipinski definition) is 7. The van der Waals surface area contributed by atoms with Gasteiger partial charge in [0.2, 0.25) is 0 Å². The molecule has 39 heavy (non-hydrogen) atoms. The minimum absolute atomic E-state index is 0.104. The number of ether oxygens (including phenoxy) is 3. The van der Waals surface area contributed by atoms with Gasteiger partial charge in [-0.25, -0.2) is 4.39 Å². The highest BCUT2D eigenvalue weighted by Crippen LogP contribution is 2.46. The molecule has 0 radical (unpaired) electrons. The summed E-state index contributed by atoms with van der Waals surface area (Å²) in [7, 11) is 0.448. The molecule has 2 aliphatic rings. The molecule has 2 heterocycles. The van der Waals surface area contributed by atoms with Crippen LogP contribution in [0.1, 0.15) is 56.0 Å². The summed E-state index contributed by atoms with van der Waals surface area (Å²) in [6.45, 7) is 9.28. The Morgan fingerprint density at radius 1 is 0.846 bits per heavy atom. The Kier molecular flexibility index (Phi) is 10.2. The van der Waals surface area contributed by atoms with Gasteiger partial charge in [0.25, 0.3) is 0 Å². The van der Waals surface area contributed by atoms with Crippen molar-refractivity contribution < 1.29 is 31.2 Å².